The van der Waals surface area contributed by atoms with Gasteiger partial charge < -0.3 is 10.6 Å². The van der Waals surface area contributed by atoms with Crippen molar-refractivity contribution < 1.29 is 4.92 Å². The van der Waals surface area contributed by atoms with Crippen molar-refractivity contribution in [3.63, 3.8) is 0 Å². The van der Waals surface area contributed by atoms with E-state index in [1.165, 1.54) is 0 Å². The molecule has 0 saturated heterocycles. The van der Waals surface area contributed by atoms with Gasteiger partial charge in [0.15, 0.2) is 0 Å². The molecule has 0 aliphatic rings. The van der Waals surface area contributed by atoms with Crippen LogP contribution in [0.25, 0.3) is 0 Å². The Morgan fingerprint density at radius 3 is 2.42 bits per heavy atom. The lowest BCUT2D eigenvalue weighted by Crippen LogP contribution is -2.26. The first-order chi connectivity index (χ1) is 8.90. The molecule has 1 rings (SSSR count). The highest BCUT2D eigenvalue weighted by Gasteiger charge is 2.24. The summed E-state index contributed by atoms with van der Waals surface area (Å²) in [4.78, 5) is 18.9. The van der Waals surface area contributed by atoms with E-state index in [-0.39, 0.29) is 17.5 Å². The van der Waals surface area contributed by atoms with E-state index in [1.54, 1.807) is 14.0 Å². The van der Waals surface area contributed by atoms with E-state index < -0.39 is 4.92 Å². The van der Waals surface area contributed by atoms with Crippen molar-refractivity contribution in [1.29, 1.82) is 0 Å². The molecule has 1 atom stereocenters. The van der Waals surface area contributed by atoms with Gasteiger partial charge in [0.25, 0.3) is 0 Å². The zero-order valence-electron chi connectivity index (χ0n) is 12.0. The first-order valence-electron chi connectivity index (χ1n) is 6.38. The second-order valence-electron chi connectivity index (χ2n) is 4.74. The molecule has 0 bridgehead atoms. The van der Waals surface area contributed by atoms with E-state index in [0.717, 1.165) is 6.42 Å². The molecule has 0 spiro atoms. The number of aryl methyl sites for hydroxylation is 1. The number of nitrogens with zero attached hydrogens (tertiary/aromatic N) is 3. The molecule has 7 heteroatoms. The maximum absolute atomic E-state index is 11.1. The summed E-state index contributed by atoms with van der Waals surface area (Å²) in [7, 11) is 1.68. The normalized spacial score (nSPS) is 12.3. The Morgan fingerprint density at radius 2 is 2.00 bits per heavy atom. The molecule has 1 aromatic heterocycles. The Labute approximate surface area is 113 Å². The van der Waals surface area contributed by atoms with Crippen LogP contribution < -0.4 is 10.6 Å². The summed E-state index contributed by atoms with van der Waals surface area (Å²) >= 11 is 0. The summed E-state index contributed by atoms with van der Waals surface area (Å²) in [6.45, 7) is 7.79. The first-order valence-corrected chi connectivity index (χ1v) is 6.38. The molecule has 1 heterocycles. The number of anilines is 2. The van der Waals surface area contributed by atoms with E-state index in [9.17, 15) is 10.1 Å². The van der Waals surface area contributed by atoms with E-state index >= 15 is 0 Å². The number of nitrogens with one attached hydrogen (secondary N) is 2. The minimum atomic E-state index is -0.440. The Bertz CT molecular complexity index is 462. The quantitative estimate of drug-likeness (QED) is 0.608. The van der Waals surface area contributed by atoms with Crippen molar-refractivity contribution >= 4 is 17.5 Å². The van der Waals surface area contributed by atoms with Crippen molar-refractivity contribution in [2.75, 3.05) is 17.7 Å². The van der Waals surface area contributed by atoms with Crippen molar-refractivity contribution in [2.24, 2.45) is 5.92 Å². The van der Waals surface area contributed by atoms with Gasteiger partial charge in [0.05, 0.1) is 4.92 Å². The molecule has 106 valence electrons. The average Bonchev–Trinajstić information content (AvgIpc) is 2.34. The molecule has 7 nitrogen and oxygen atoms in total. The third-order valence-electron chi connectivity index (χ3n) is 3.03. The van der Waals surface area contributed by atoms with Gasteiger partial charge in [0.1, 0.15) is 5.69 Å². The maximum atomic E-state index is 11.1. The predicted molar refractivity (Wildman–Crippen MR) is 75.5 cm³/mol. The fourth-order valence-electron chi connectivity index (χ4n) is 1.91. The van der Waals surface area contributed by atoms with Gasteiger partial charge >= 0.3 is 5.69 Å². The molecule has 1 aromatic rings. The number of nitro groups is 1. The van der Waals surface area contributed by atoms with E-state index in [0.29, 0.717) is 17.6 Å². The Balaban J connectivity index is 3.22. The van der Waals surface area contributed by atoms with Crippen molar-refractivity contribution in [1.82, 2.24) is 9.97 Å². The molecular formula is C12H21N5O2. The van der Waals surface area contributed by atoms with Crippen LogP contribution in [-0.2, 0) is 0 Å². The van der Waals surface area contributed by atoms with Crippen LogP contribution in [0, 0.1) is 23.0 Å². The van der Waals surface area contributed by atoms with Crippen LogP contribution >= 0.6 is 0 Å². The Morgan fingerprint density at radius 1 is 1.37 bits per heavy atom. The maximum Gasteiger partial charge on any atom is 0.332 e. The largest absolute Gasteiger partial charge is 0.361 e. The van der Waals surface area contributed by atoms with E-state index in [2.05, 4.69) is 34.4 Å². The predicted octanol–water partition coefficient (Wildman–Crippen LogP) is 2.58. The summed E-state index contributed by atoms with van der Waals surface area (Å²) < 4.78 is 0. The summed E-state index contributed by atoms with van der Waals surface area (Å²) in [6.07, 6.45) is 0.868. The number of aromatic nitrogens is 2. The van der Waals surface area contributed by atoms with Crippen LogP contribution in [0.15, 0.2) is 0 Å². The molecule has 0 amide bonds. The molecule has 2 N–H and O–H groups in total. The van der Waals surface area contributed by atoms with Crippen LogP contribution in [0.3, 0.4) is 0 Å². The van der Waals surface area contributed by atoms with E-state index in [1.807, 2.05) is 6.92 Å². The number of hydrogen-bond donors (Lipinski definition) is 2. The van der Waals surface area contributed by atoms with Crippen molar-refractivity contribution in [3.8, 4) is 0 Å². The summed E-state index contributed by atoms with van der Waals surface area (Å²) in [5, 5.41) is 17.1. The highest BCUT2D eigenvalue weighted by atomic mass is 16.6. The SMILES string of the molecule is CCC(Nc1nc(NC)nc(C)c1[N+](=O)[O-])C(C)C. The topological polar surface area (TPSA) is 93.0 Å². The third kappa shape index (κ3) is 3.52. The lowest BCUT2D eigenvalue weighted by Gasteiger charge is -2.21. The third-order valence-corrected chi connectivity index (χ3v) is 3.03. The minimum Gasteiger partial charge on any atom is -0.361 e. The fraction of sp³-hybridized carbons (Fsp3) is 0.667. The van der Waals surface area contributed by atoms with Crippen LogP contribution in [0.1, 0.15) is 32.9 Å². The molecule has 0 radical (unpaired) electrons. The molecular weight excluding hydrogens is 246 g/mol. The lowest BCUT2D eigenvalue weighted by atomic mass is 10.0. The van der Waals surface area contributed by atoms with Gasteiger partial charge in [-0.2, -0.15) is 4.98 Å². The second kappa shape index (κ2) is 6.31. The molecule has 0 aliphatic carbocycles. The zero-order chi connectivity index (χ0) is 14.6. The minimum absolute atomic E-state index is 0.0573. The van der Waals surface area contributed by atoms with Crippen LogP contribution in [0.2, 0.25) is 0 Å². The lowest BCUT2D eigenvalue weighted by molar-refractivity contribution is -0.385. The zero-order valence-corrected chi connectivity index (χ0v) is 12.0. The van der Waals surface area contributed by atoms with Crippen LogP contribution in [0.4, 0.5) is 17.5 Å². The van der Waals surface area contributed by atoms with Gasteiger partial charge in [-0.3, -0.25) is 10.1 Å². The highest BCUT2D eigenvalue weighted by molar-refractivity contribution is 5.61. The molecule has 0 fully saturated rings. The van der Waals surface area contributed by atoms with Gasteiger partial charge in [-0.15, -0.1) is 0 Å². The van der Waals surface area contributed by atoms with Crippen molar-refractivity contribution in [3.05, 3.63) is 15.8 Å². The fourth-order valence-corrected chi connectivity index (χ4v) is 1.91. The van der Waals surface area contributed by atoms with Gasteiger partial charge in [-0.05, 0) is 19.3 Å². The Hall–Kier alpha value is -1.92. The van der Waals surface area contributed by atoms with Gasteiger partial charge in [0, 0.05) is 13.1 Å². The van der Waals surface area contributed by atoms with Crippen LogP contribution in [-0.4, -0.2) is 28.0 Å². The Kier molecular flexibility index (Phi) is 5.02. The van der Waals surface area contributed by atoms with Gasteiger partial charge in [-0.1, -0.05) is 20.8 Å². The molecule has 1 unspecified atom stereocenters. The molecule has 0 aliphatic heterocycles. The number of rotatable bonds is 6. The van der Waals surface area contributed by atoms with Crippen molar-refractivity contribution in [2.45, 2.75) is 40.2 Å². The monoisotopic (exact) mass is 267 g/mol. The first kappa shape index (κ1) is 15.1. The van der Waals surface area contributed by atoms with Crippen LogP contribution in [0.5, 0.6) is 0 Å². The van der Waals surface area contributed by atoms with Gasteiger partial charge in [0.2, 0.25) is 11.8 Å². The molecule has 0 saturated carbocycles. The summed E-state index contributed by atoms with van der Waals surface area (Å²) in [5.41, 5.74) is 0.295. The molecule has 0 aromatic carbocycles. The number of hydrogen-bond acceptors (Lipinski definition) is 6. The standard InChI is InChI=1S/C12H21N5O2/c1-6-9(7(2)3)15-11-10(17(18)19)8(4)14-12(13-5)16-11/h7,9H,6H2,1-5H3,(H2,13,14,15,16). The second-order valence-corrected chi connectivity index (χ2v) is 4.74. The van der Waals surface area contributed by atoms with Gasteiger partial charge in [-0.25, -0.2) is 4.98 Å². The summed E-state index contributed by atoms with van der Waals surface area (Å²) in [5.74, 6) is 1.02. The molecule has 19 heavy (non-hydrogen) atoms. The average molecular weight is 267 g/mol. The smallest absolute Gasteiger partial charge is 0.332 e. The van der Waals surface area contributed by atoms with E-state index in [4.69, 9.17) is 0 Å². The highest BCUT2D eigenvalue weighted by Crippen LogP contribution is 2.28. The summed E-state index contributed by atoms with van der Waals surface area (Å²) in [6, 6.07) is 0.137.